The number of ether oxygens (including phenoxy) is 2. The van der Waals surface area contributed by atoms with Crippen molar-refractivity contribution in [2.45, 2.75) is 24.8 Å². The third kappa shape index (κ3) is 1.81. The van der Waals surface area contributed by atoms with Crippen molar-refractivity contribution < 1.29 is 14.4 Å². The zero-order chi connectivity index (χ0) is 12.5. The highest BCUT2D eigenvalue weighted by molar-refractivity contribution is 5.45. The summed E-state index contributed by atoms with van der Waals surface area (Å²) in [5, 5.41) is 11.1. The Hall–Kier alpha value is -2.04. The van der Waals surface area contributed by atoms with Crippen LogP contribution in [0.4, 0.5) is 0 Å². The minimum absolute atomic E-state index is 0.0838. The van der Waals surface area contributed by atoms with Crippen molar-refractivity contribution in [3.63, 3.8) is 0 Å². The van der Waals surface area contributed by atoms with E-state index in [9.17, 15) is 10.1 Å². The minimum atomic E-state index is -0.546. The van der Waals surface area contributed by atoms with E-state index in [2.05, 4.69) is 0 Å². The SMILES string of the molecule is O=[N+]([O-])[C@@H]1CC=CC[C@@H]1c1ccc2c(c1)OCO2. The molecule has 0 aromatic heterocycles. The predicted octanol–water partition coefficient (Wildman–Crippen LogP) is 2.49. The molecule has 3 rings (SSSR count). The van der Waals surface area contributed by atoms with Crippen molar-refractivity contribution in [1.29, 1.82) is 0 Å². The normalized spacial score (nSPS) is 25.1. The van der Waals surface area contributed by atoms with Gasteiger partial charge >= 0.3 is 0 Å². The third-order valence-electron chi connectivity index (χ3n) is 3.49. The third-order valence-corrected chi connectivity index (χ3v) is 3.49. The molecule has 0 spiro atoms. The summed E-state index contributed by atoms with van der Waals surface area (Å²) in [4.78, 5) is 10.9. The molecule has 0 bridgehead atoms. The van der Waals surface area contributed by atoms with Crippen molar-refractivity contribution in [2.75, 3.05) is 6.79 Å². The van der Waals surface area contributed by atoms with Crippen LogP contribution < -0.4 is 9.47 Å². The van der Waals surface area contributed by atoms with Gasteiger partial charge in [-0.15, -0.1) is 0 Å². The standard InChI is InChI=1S/C13H13NO4/c15-14(16)11-4-2-1-3-10(11)9-5-6-12-13(7-9)18-8-17-12/h1-2,5-7,10-11H,3-4,8H2/t10-,11-/m1/s1. The lowest BCUT2D eigenvalue weighted by molar-refractivity contribution is -0.526. The number of allylic oxidation sites excluding steroid dienone is 1. The van der Waals surface area contributed by atoms with Crippen LogP contribution in [0.2, 0.25) is 0 Å². The first-order chi connectivity index (χ1) is 8.75. The maximum Gasteiger partial charge on any atom is 0.231 e. The van der Waals surface area contributed by atoms with E-state index in [4.69, 9.17) is 9.47 Å². The van der Waals surface area contributed by atoms with Crippen LogP contribution >= 0.6 is 0 Å². The average Bonchev–Trinajstić information content (AvgIpc) is 2.85. The van der Waals surface area contributed by atoms with E-state index in [0.717, 1.165) is 5.56 Å². The van der Waals surface area contributed by atoms with E-state index in [0.29, 0.717) is 24.3 Å². The van der Waals surface area contributed by atoms with Gasteiger partial charge in [-0.05, 0) is 24.1 Å². The molecule has 0 amide bonds. The molecule has 0 N–H and O–H groups in total. The second-order valence-corrected chi connectivity index (χ2v) is 4.51. The van der Waals surface area contributed by atoms with Gasteiger partial charge in [0.1, 0.15) is 0 Å². The average molecular weight is 247 g/mol. The molecular formula is C13H13NO4. The molecule has 1 aliphatic heterocycles. The van der Waals surface area contributed by atoms with Crippen LogP contribution in [0.15, 0.2) is 30.4 Å². The Kier molecular flexibility index (Phi) is 2.66. The van der Waals surface area contributed by atoms with Gasteiger partial charge in [-0.2, -0.15) is 0 Å². The quantitative estimate of drug-likeness (QED) is 0.457. The molecule has 0 saturated carbocycles. The molecule has 2 aliphatic rings. The topological polar surface area (TPSA) is 61.6 Å². The smallest absolute Gasteiger partial charge is 0.231 e. The largest absolute Gasteiger partial charge is 0.454 e. The van der Waals surface area contributed by atoms with E-state index in [-0.39, 0.29) is 17.6 Å². The highest BCUT2D eigenvalue weighted by atomic mass is 16.7. The van der Waals surface area contributed by atoms with Gasteiger partial charge < -0.3 is 9.47 Å². The van der Waals surface area contributed by atoms with Crippen molar-refractivity contribution >= 4 is 0 Å². The fourth-order valence-electron chi connectivity index (χ4n) is 2.53. The molecule has 2 atom stereocenters. The molecular weight excluding hydrogens is 234 g/mol. The van der Waals surface area contributed by atoms with Gasteiger partial charge in [-0.25, -0.2) is 0 Å². The van der Waals surface area contributed by atoms with Gasteiger partial charge in [0.2, 0.25) is 12.8 Å². The summed E-state index contributed by atoms with van der Waals surface area (Å²) in [5.41, 5.74) is 0.949. The fourth-order valence-corrected chi connectivity index (χ4v) is 2.53. The maximum atomic E-state index is 11.1. The second kappa shape index (κ2) is 4.33. The lowest BCUT2D eigenvalue weighted by atomic mass is 9.83. The molecule has 0 radical (unpaired) electrons. The number of benzene rings is 1. The number of hydrogen-bond donors (Lipinski definition) is 0. The first-order valence-corrected chi connectivity index (χ1v) is 5.94. The van der Waals surface area contributed by atoms with Crippen molar-refractivity contribution in [3.05, 3.63) is 46.0 Å². The Morgan fingerprint density at radius 3 is 2.78 bits per heavy atom. The Balaban J connectivity index is 1.93. The van der Waals surface area contributed by atoms with Gasteiger partial charge in [-0.1, -0.05) is 18.2 Å². The summed E-state index contributed by atoms with van der Waals surface area (Å²) in [5.74, 6) is 1.31. The summed E-state index contributed by atoms with van der Waals surface area (Å²) in [7, 11) is 0. The Morgan fingerprint density at radius 1 is 1.17 bits per heavy atom. The molecule has 1 heterocycles. The molecule has 5 heteroatoms. The van der Waals surface area contributed by atoms with E-state index < -0.39 is 6.04 Å². The molecule has 1 aromatic carbocycles. The zero-order valence-corrected chi connectivity index (χ0v) is 9.74. The number of fused-ring (bicyclic) bond motifs is 1. The zero-order valence-electron chi connectivity index (χ0n) is 9.74. The minimum Gasteiger partial charge on any atom is -0.454 e. The summed E-state index contributed by atoms with van der Waals surface area (Å²) in [6.45, 7) is 0.224. The molecule has 1 aromatic rings. The summed E-state index contributed by atoms with van der Waals surface area (Å²) < 4.78 is 10.6. The van der Waals surface area contributed by atoms with Crippen LogP contribution in [0.1, 0.15) is 24.3 Å². The van der Waals surface area contributed by atoms with E-state index in [1.165, 1.54) is 0 Å². The van der Waals surface area contributed by atoms with Gasteiger partial charge in [0.15, 0.2) is 11.5 Å². The lowest BCUT2D eigenvalue weighted by Crippen LogP contribution is -2.28. The Bertz CT molecular complexity index is 512. The molecule has 0 saturated heterocycles. The number of nitrogens with zero attached hydrogens (tertiary/aromatic N) is 1. The van der Waals surface area contributed by atoms with Crippen LogP contribution in [0.5, 0.6) is 11.5 Å². The Labute approximate surface area is 104 Å². The molecule has 1 aliphatic carbocycles. The highest BCUT2D eigenvalue weighted by Gasteiger charge is 2.33. The van der Waals surface area contributed by atoms with Gasteiger partial charge in [0, 0.05) is 11.3 Å². The van der Waals surface area contributed by atoms with Gasteiger partial charge in [0.05, 0.1) is 5.92 Å². The van der Waals surface area contributed by atoms with Gasteiger partial charge in [0.25, 0.3) is 0 Å². The molecule has 5 nitrogen and oxygen atoms in total. The van der Waals surface area contributed by atoms with Crippen LogP contribution in [0.25, 0.3) is 0 Å². The fraction of sp³-hybridized carbons (Fsp3) is 0.385. The molecule has 0 fully saturated rings. The first kappa shape index (κ1) is 11.1. The lowest BCUT2D eigenvalue weighted by Gasteiger charge is -2.22. The molecule has 18 heavy (non-hydrogen) atoms. The summed E-state index contributed by atoms with van der Waals surface area (Å²) in [6, 6.07) is 5.04. The van der Waals surface area contributed by atoms with Crippen LogP contribution in [0, 0.1) is 10.1 Å². The van der Waals surface area contributed by atoms with Crippen LogP contribution in [-0.4, -0.2) is 17.8 Å². The summed E-state index contributed by atoms with van der Waals surface area (Å²) >= 11 is 0. The van der Waals surface area contributed by atoms with Crippen LogP contribution in [-0.2, 0) is 0 Å². The summed E-state index contributed by atoms with van der Waals surface area (Å²) in [6.07, 6.45) is 5.09. The van der Waals surface area contributed by atoms with E-state index >= 15 is 0 Å². The molecule has 94 valence electrons. The first-order valence-electron chi connectivity index (χ1n) is 5.94. The van der Waals surface area contributed by atoms with E-state index in [1.54, 1.807) is 0 Å². The van der Waals surface area contributed by atoms with Crippen molar-refractivity contribution in [2.24, 2.45) is 0 Å². The van der Waals surface area contributed by atoms with Crippen molar-refractivity contribution in [1.82, 2.24) is 0 Å². The maximum absolute atomic E-state index is 11.1. The monoisotopic (exact) mass is 247 g/mol. The van der Waals surface area contributed by atoms with Gasteiger partial charge in [-0.3, -0.25) is 10.1 Å². The Morgan fingerprint density at radius 2 is 1.94 bits per heavy atom. The number of nitro groups is 1. The van der Waals surface area contributed by atoms with Crippen molar-refractivity contribution in [3.8, 4) is 11.5 Å². The number of hydrogen-bond acceptors (Lipinski definition) is 4. The number of rotatable bonds is 2. The van der Waals surface area contributed by atoms with E-state index in [1.807, 2.05) is 30.4 Å². The van der Waals surface area contributed by atoms with Crippen LogP contribution in [0.3, 0.4) is 0 Å². The highest BCUT2D eigenvalue weighted by Crippen LogP contribution is 2.38. The molecule has 0 unspecified atom stereocenters. The predicted molar refractivity (Wildman–Crippen MR) is 64.5 cm³/mol. The second-order valence-electron chi connectivity index (χ2n) is 4.51.